The number of pyridine rings is 2. The first-order valence-corrected chi connectivity index (χ1v) is 11.0. The van der Waals surface area contributed by atoms with Crippen LogP contribution in [-0.2, 0) is 0 Å². The van der Waals surface area contributed by atoms with E-state index in [1.807, 2.05) is 18.2 Å². The smallest absolute Gasteiger partial charge is 0.118 e. The monoisotopic (exact) mass is 510 g/mol. The number of halogens is 2. The number of allylic oxidation sites excluding steroid dienone is 4. The van der Waals surface area contributed by atoms with Crippen molar-refractivity contribution >= 4 is 37.4 Å². The van der Waals surface area contributed by atoms with Crippen LogP contribution < -0.4 is 4.74 Å². The molecule has 0 atom stereocenters. The maximum Gasteiger partial charge on any atom is 0.118 e. The normalized spacial score (nSPS) is 13.3. The first-order chi connectivity index (χ1) is 14.0. The molecule has 1 aromatic carbocycles. The van der Waals surface area contributed by atoms with Crippen LogP contribution in [-0.4, -0.2) is 17.1 Å². The molecule has 0 amide bonds. The molecule has 0 spiro atoms. The topological polar surface area (TPSA) is 35.0 Å². The minimum atomic E-state index is 0.782. The molecule has 29 heavy (non-hydrogen) atoms. The quantitative estimate of drug-likeness (QED) is 0.342. The molecule has 2 aromatic heterocycles. The molecule has 5 heteroatoms. The molecule has 4 rings (SSSR count). The van der Waals surface area contributed by atoms with Gasteiger partial charge in [-0.15, -0.1) is 0 Å². The van der Waals surface area contributed by atoms with E-state index in [9.17, 15) is 0 Å². The molecule has 0 unspecified atom stereocenters. The highest BCUT2D eigenvalue weighted by molar-refractivity contribution is 9.10. The van der Waals surface area contributed by atoms with Crippen LogP contribution in [0.3, 0.4) is 0 Å². The van der Waals surface area contributed by atoms with E-state index in [-0.39, 0.29) is 0 Å². The van der Waals surface area contributed by atoms with Crippen molar-refractivity contribution in [2.24, 2.45) is 0 Å². The van der Waals surface area contributed by atoms with Gasteiger partial charge in [0.15, 0.2) is 0 Å². The van der Waals surface area contributed by atoms with E-state index in [1.165, 1.54) is 5.57 Å². The summed E-state index contributed by atoms with van der Waals surface area (Å²) >= 11 is 7.17. The lowest BCUT2D eigenvalue weighted by molar-refractivity contribution is 0.415. The summed E-state index contributed by atoms with van der Waals surface area (Å²) in [6.45, 7) is 2.09. The van der Waals surface area contributed by atoms with Gasteiger partial charge in [0.25, 0.3) is 0 Å². The number of methoxy groups -OCH3 is 1. The molecular formula is C24H20Br2N2O. The predicted octanol–water partition coefficient (Wildman–Crippen LogP) is 7.39. The fourth-order valence-corrected chi connectivity index (χ4v) is 4.35. The van der Waals surface area contributed by atoms with E-state index in [2.05, 4.69) is 81.3 Å². The zero-order chi connectivity index (χ0) is 20.4. The van der Waals surface area contributed by atoms with Gasteiger partial charge >= 0.3 is 0 Å². The molecule has 146 valence electrons. The van der Waals surface area contributed by atoms with Crippen molar-refractivity contribution in [1.29, 1.82) is 0 Å². The Labute approximate surface area is 187 Å². The second-order valence-electron chi connectivity index (χ2n) is 6.90. The standard InChI is InChI=1S/C24H20Br2N2O/c1-15-20(17-8-10-19(29-2)11-9-17)14-23(26)28-24(15)21-12-18(13-22(25)27-21)16-6-4-3-5-7-16/h4,6-14H,3,5H2,1-2H3. The summed E-state index contributed by atoms with van der Waals surface area (Å²) in [6.07, 6.45) is 8.83. The Bertz CT molecular complexity index is 1120. The minimum Gasteiger partial charge on any atom is -0.497 e. The minimum absolute atomic E-state index is 0.782. The van der Waals surface area contributed by atoms with Crippen molar-refractivity contribution in [1.82, 2.24) is 9.97 Å². The van der Waals surface area contributed by atoms with Crippen LogP contribution in [0.2, 0.25) is 0 Å². The van der Waals surface area contributed by atoms with Gasteiger partial charge in [-0.1, -0.05) is 30.4 Å². The number of rotatable bonds is 4. The summed E-state index contributed by atoms with van der Waals surface area (Å²) in [7, 11) is 1.68. The van der Waals surface area contributed by atoms with E-state index >= 15 is 0 Å². The van der Waals surface area contributed by atoms with Crippen LogP contribution in [0.25, 0.3) is 28.1 Å². The Morgan fingerprint density at radius 1 is 0.897 bits per heavy atom. The largest absolute Gasteiger partial charge is 0.497 e. The molecule has 0 aliphatic heterocycles. The molecule has 0 fully saturated rings. The van der Waals surface area contributed by atoms with Crippen LogP contribution >= 0.6 is 31.9 Å². The Kier molecular flexibility index (Phi) is 5.97. The number of nitrogens with zero attached hydrogens (tertiary/aromatic N) is 2. The zero-order valence-corrected chi connectivity index (χ0v) is 19.4. The average Bonchev–Trinajstić information content (AvgIpc) is 2.75. The van der Waals surface area contributed by atoms with Crippen LogP contribution in [0.4, 0.5) is 0 Å². The van der Waals surface area contributed by atoms with E-state index in [0.29, 0.717) is 0 Å². The summed E-state index contributed by atoms with van der Waals surface area (Å²) in [5.41, 5.74) is 7.40. The van der Waals surface area contributed by atoms with Crippen molar-refractivity contribution in [3.63, 3.8) is 0 Å². The van der Waals surface area contributed by atoms with Gasteiger partial charge in [0.1, 0.15) is 15.0 Å². The van der Waals surface area contributed by atoms with Crippen molar-refractivity contribution in [3.05, 3.63) is 81.0 Å². The van der Waals surface area contributed by atoms with Gasteiger partial charge in [-0.25, -0.2) is 9.97 Å². The molecule has 1 aliphatic rings. The third-order valence-electron chi connectivity index (χ3n) is 5.01. The van der Waals surface area contributed by atoms with Gasteiger partial charge < -0.3 is 4.74 Å². The maximum atomic E-state index is 5.29. The summed E-state index contributed by atoms with van der Waals surface area (Å²) in [4.78, 5) is 9.49. The number of ether oxygens (including phenoxy) is 1. The van der Waals surface area contributed by atoms with Gasteiger partial charge in [-0.05, 0) is 110 Å². The van der Waals surface area contributed by atoms with E-state index in [4.69, 9.17) is 14.7 Å². The molecule has 3 nitrogen and oxygen atoms in total. The van der Waals surface area contributed by atoms with Gasteiger partial charge in [0.2, 0.25) is 0 Å². The van der Waals surface area contributed by atoms with E-state index in [0.717, 1.165) is 61.4 Å². The molecule has 0 N–H and O–H groups in total. The second-order valence-corrected chi connectivity index (χ2v) is 8.52. The van der Waals surface area contributed by atoms with E-state index in [1.54, 1.807) is 7.11 Å². The first kappa shape index (κ1) is 20.0. The highest BCUT2D eigenvalue weighted by Gasteiger charge is 2.15. The highest BCUT2D eigenvalue weighted by Crippen LogP contribution is 2.35. The molecule has 0 radical (unpaired) electrons. The Morgan fingerprint density at radius 3 is 2.34 bits per heavy atom. The van der Waals surface area contributed by atoms with Crippen molar-refractivity contribution in [2.45, 2.75) is 19.8 Å². The van der Waals surface area contributed by atoms with Gasteiger partial charge in [0.05, 0.1) is 18.5 Å². The number of hydrogen-bond donors (Lipinski definition) is 0. The van der Waals surface area contributed by atoms with Crippen LogP contribution in [0.5, 0.6) is 5.75 Å². The van der Waals surface area contributed by atoms with Gasteiger partial charge in [-0.2, -0.15) is 0 Å². The van der Waals surface area contributed by atoms with Crippen LogP contribution in [0, 0.1) is 6.92 Å². The van der Waals surface area contributed by atoms with Gasteiger partial charge in [0, 0.05) is 0 Å². The predicted molar refractivity (Wildman–Crippen MR) is 126 cm³/mol. The van der Waals surface area contributed by atoms with Crippen LogP contribution in [0.15, 0.2) is 69.9 Å². The zero-order valence-electron chi connectivity index (χ0n) is 16.2. The van der Waals surface area contributed by atoms with Crippen molar-refractivity contribution in [3.8, 4) is 28.3 Å². The summed E-state index contributed by atoms with van der Waals surface area (Å²) in [5.74, 6) is 0.840. The summed E-state index contributed by atoms with van der Waals surface area (Å²) in [5, 5.41) is 0. The molecule has 0 saturated carbocycles. The number of hydrogen-bond acceptors (Lipinski definition) is 3. The Balaban J connectivity index is 1.83. The molecule has 0 bridgehead atoms. The second kappa shape index (κ2) is 8.64. The molecule has 2 heterocycles. The highest BCUT2D eigenvalue weighted by atomic mass is 79.9. The third kappa shape index (κ3) is 4.36. The average molecular weight is 512 g/mol. The van der Waals surface area contributed by atoms with Crippen LogP contribution in [0.1, 0.15) is 24.0 Å². The Morgan fingerprint density at radius 2 is 1.66 bits per heavy atom. The fraction of sp³-hybridized carbons (Fsp3) is 0.167. The number of aromatic nitrogens is 2. The van der Waals surface area contributed by atoms with Gasteiger partial charge in [-0.3, -0.25) is 0 Å². The summed E-state index contributed by atoms with van der Waals surface area (Å²) < 4.78 is 6.87. The number of benzene rings is 1. The molecule has 0 saturated heterocycles. The lowest BCUT2D eigenvalue weighted by Crippen LogP contribution is -1.98. The Hall–Kier alpha value is -2.24. The SMILES string of the molecule is COc1ccc(-c2cc(Br)nc(-c3cc(C4=CCCC=C4)cc(Br)n3)c2C)cc1. The third-order valence-corrected chi connectivity index (χ3v) is 5.82. The fourth-order valence-electron chi connectivity index (χ4n) is 3.51. The van der Waals surface area contributed by atoms with E-state index < -0.39 is 0 Å². The first-order valence-electron chi connectivity index (χ1n) is 9.42. The lowest BCUT2D eigenvalue weighted by Gasteiger charge is -2.14. The molecule has 1 aliphatic carbocycles. The maximum absolute atomic E-state index is 5.29. The van der Waals surface area contributed by atoms with Crippen molar-refractivity contribution in [2.75, 3.05) is 7.11 Å². The summed E-state index contributed by atoms with van der Waals surface area (Å²) in [6, 6.07) is 14.3. The molecular weight excluding hydrogens is 492 g/mol. The molecule has 3 aromatic rings. The van der Waals surface area contributed by atoms with Crippen molar-refractivity contribution < 1.29 is 4.74 Å². The lowest BCUT2D eigenvalue weighted by atomic mass is 9.96.